The van der Waals surface area contributed by atoms with Gasteiger partial charge in [0.25, 0.3) is 5.91 Å². The summed E-state index contributed by atoms with van der Waals surface area (Å²) in [5, 5.41) is 14.6. The Hall–Kier alpha value is -1.47. The van der Waals surface area contributed by atoms with Crippen molar-refractivity contribution >= 4 is 23.2 Å². The lowest BCUT2D eigenvalue weighted by molar-refractivity contribution is -0.139. The highest BCUT2D eigenvalue weighted by Crippen LogP contribution is 2.31. The summed E-state index contributed by atoms with van der Waals surface area (Å²) in [7, 11) is 0. The van der Waals surface area contributed by atoms with Crippen LogP contribution in [0, 0.1) is 0 Å². The Bertz CT molecular complexity index is 509. The van der Waals surface area contributed by atoms with E-state index in [2.05, 4.69) is 10.3 Å². The first-order valence-corrected chi connectivity index (χ1v) is 8.11. The second-order valence-electron chi connectivity index (χ2n) is 5.53. The lowest BCUT2D eigenvalue weighted by Gasteiger charge is -2.36. The van der Waals surface area contributed by atoms with Gasteiger partial charge in [0.05, 0.1) is 17.0 Å². The Morgan fingerprint density at radius 3 is 2.71 bits per heavy atom. The van der Waals surface area contributed by atoms with Crippen LogP contribution in [0.4, 0.5) is 0 Å². The molecule has 1 amide bonds. The first-order valence-electron chi connectivity index (χ1n) is 7.23. The molecule has 1 aromatic heterocycles. The van der Waals surface area contributed by atoms with Crippen molar-refractivity contribution in [2.75, 3.05) is 6.54 Å². The number of carboxylic acid groups (broad SMARTS) is 1. The molecule has 21 heavy (non-hydrogen) atoms. The minimum atomic E-state index is -0.876. The van der Waals surface area contributed by atoms with Crippen LogP contribution in [0.2, 0.25) is 0 Å². The smallest absolute Gasteiger partial charge is 0.305 e. The summed E-state index contributed by atoms with van der Waals surface area (Å²) in [6, 6.07) is 0. The van der Waals surface area contributed by atoms with E-state index in [1.807, 2.05) is 0 Å². The Kier molecular flexibility index (Phi) is 5.30. The Morgan fingerprint density at radius 1 is 1.38 bits per heavy atom. The van der Waals surface area contributed by atoms with Gasteiger partial charge in [-0.05, 0) is 19.4 Å². The molecule has 1 heterocycles. The van der Waals surface area contributed by atoms with E-state index in [-0.39, 0.29) is 12.3 Å². The molecule has 1 fully saturated rings. The van der Waals surface area contributed by atoms with Crippen molar-refractivity contribution in [1.29, 1.82) is 0 Å². The maximum Gasteiger partial charge on any atom is 0.305 e. The summed E-state index contributed by atoms with van der Waals surface area (Å²) in [6.45, 7) is 0.498. The largest absolute Gasteiger partial charge is 0.481 e. The number of nitrogens with two attached hydrogens (primary N) is 1. The number of aliphatic carboxylic acids is 1. The first kappa shape index (κ1) is 15.9. The number of hydrogen-bond acceptors (Lipinski definition) is 5. The maximum absolute atomic E-state index is 12.3. The van der Waals surface area contributed by atoms with E-state index < -0.39 is 11.5 Å². The van der Waals surface area contributed by atoms with Crippen LogP contribution in [0.1, 0.15) is 54.0 Å². The van der Waals surface area contributed by atoms with Crippen molar-refractivity contribution < 1.29 is 14.7 Å². The van der Waals surface area contributed by atoms with Gasteiger partial charge in [0.15, 0.2) is 0 Å². The number of nitrogens with zero attached hydrogens (tertiary/aromatic N) is 1. The summed E-state index contributed by atoms with van der Waals surface area (Å²) in [5.41, 5.74) is 5.21. The van der Waals surface area contributed by atoms with Crippen molar-refractivity contribution in [2.45, 2.75) is 50.5 Å². The zero-order chi connectivity index (χ0) is 15.3. The molecule has 0 aliphatic heterocycles. The molecule has 1 saturated carbocycles. The van der Waals surface area contributed by atoms with Crippen LogP contribution in [-0.4, -0.2) is 34.1 Å². The molecule has 0 spiro atoms. The lowest BCUT2D eigenvalue weighted by atomic mass is 9.79. The summed E-state index contributed by atoms with van der Waals surface area (Å²) in [6.07, 6.45) is 5.03. The Morgan fingerprint density at radius 2 is 2.10 bits per heavy atom. The van der Waals surface area contributed by atoms with Crippen LogP contribution in [0.15, 0.2) is 5.38 Å². The quantitative estimate of drug-likeness (QED) is 0.739. The topological polar surface area (TPSA) is 105 Å². The van der Waals surface area contributed by atoms with Crippen molar-refractivity contribution in [2.24, 2.45) is 5.73 Å². The molecule has 0 radical (unpaired) electrons. The number of rotatable bonds is 6. The summed E-state index contributed by atoms with van der Waals surface area (Å²) < 4.78 is 0. The van der Waals surface area contributed by atoms with Gasteiger partial charge in [-0.3, -0.25) is 9.59 Å². The number of carboxylic acids is 1. The molecular weight excluding hydrogens is 290 g/mol. The normalized spacial score (nSPS) is 17.4. The molecule has 1 aromatic rings. The second kappa shape index (κ2) is 7.00. The SMILES string of the molecule is NCCc1nc(C(=O)NC2(CC(=O)O)CCCCC2)cs1. The van der Waals surface area contributed by atoms with E-state index in [0.717, 1.165) is 24.3 Å². The molecule has 0 atom stereocenters. The van der Waals surface area contributed by atoms with Crippen molar-refractivity contribution in [1.82, 2.24) is 10.3 Å². The zero-order valence-electron chi connectivity index (χ0n) is 11.9. The van der Waals surface area contributed by atoms with Gasteiger partial charge in [-0.15, -0.1) is 11.3 Å². The van der Waals surface area contributed by atoms with Crippen LogP contribution < -0.4 is 11.1 Å². The van der Waals surface area contributed by atoms with Crippen molar-refractivity contribution in [3.05, 3.63) is 16.1 Å². The molecule has 0 bridgehead atoms. The summed E-state index contributed by atoms with van der Waals surface area (Å²) in [4.78, 5) is 27.7. The van der Waals surface area contributed by atoms with E-state index in [1.54, 1.807) is 5.38 Å². The van der Waals surface area contributed by atoms with E-state index in [9.17, 15) is 9.59 Å². The monoisotopic (exact) mass is 311 g/mol. The fourth-order valence-electron chi connectivity index (χ4n) is 2.82. The van der Waals surface area contributed by atoms with Crippen molar-refractivity contribution in [3.63, 3.8) is 0 Å². The Balaban J connectivity index is 2.07. The third kappa shape index (κ3) is 4.25. The number of thiazole rings is 1. The van der Waals surface area contributed by atoms with Gasteiger partial charge in [-0.25, -0.2) is 4.98 Å². The van der Waals surface area contributed by atoms with Crippen LogP contribution in [0.3, 0.4) is 0 Å². The predicted molar refractivity (Wildman–Crippen MR) is 80.4 cm³/mol. The summed E-state index contributed by atoms with van der Waals surface area (Å²) >= 11 is 1.41. The molecule has 2 rings (SSSR count). The van der Waals surface area contributed by atoms with Crippen LogP contribution in [0.5, 0.6) is 0 Å². The molecule has 1 aliphatic rings. The van der Waals surface area contributed by atoms with Crippen LogP contribution in [-0.2, 0) is 11.2 Å². The van der Waals surface area contributed by atoms with Gasteiger partial charge >= 0.3 is 5.97 Å². The van der Waals surface area contributed by atoms with Gasteiger partial charge in [0, 0.05) is 11.8 Å². The maximum atomic E-state index is 12.3. The number of amides is 1. The third-order valence-corrected chi connectivity index (χ3v) is 4.73. The molecule has 0 aromatic carbocycles. The number of carbonyl (C=O) groups excluding carboxylic acids is 1. The van der Waals surface area contributed by atoms with Crippen molar-refractivity contribution in [3.8, 4) is 0 Å². The number of carbonyl (C=O) groups is 2. The first-order chi connectivity index (χ1) is 10.0. The standard InChI is InChI=1S/C14H21N3O3S/c15-7-4-11-16-10(9-21-11)13(20)17-14(8-12(18)19)5-2-1-3-6-14/h9H,1-8,15H2,(H,17,20)(H,18,19). The predicted octanol–water partition coefficient (Wildman–Crippen LogP) is 1.55. The molecule has 4 N–H and O–H groups in total. The van der Waals surface area contributed by atoms with E-state index in [0.29, 0.717) is 31.5 Å². The molecule has 116 valence electrons. The zero-order valence-corrected chi connectivity index (χ0v) is 12.7. The highest BCUT2D eigenvalue weighted by molar-refractivity contribution is 7.09. The number of hydrogen-bond donors (Lipinski definition) is 3. The lowest BCUT2D eigenvalue weighted by Crippen LogP contribution is -2.51. The van der Waals surface area contributed by atoms with E-state index in [1.165, 1.54) is 11.3 Å². The van der Waals surface area contributed by atoms with Gasteiger partial charge in [0.2, 0.25) is 0 Å². The third-order valence-electron chi connectivity index (χ3n) is 3.82. The molecule has 0 unspecified atom stereocenters. The van der Waals surface area contributed by atoms with E-state index in [4.69, 9.17) is 10.8 Å². The van der Waals surface area contributed by atoms with Gasteiger partial charge in [-0.2, -0.15) is 0 Å². The number of aromatic nitrogens is 1. The second-order valence-corrected chi connectivity index (χ2v) is 6.47. The summed E-state index contributed by atoms with van der Waals surface area (Å²) in [5.74, 6) is -1.16. The van der Waals surface area contributed by atoms with Crippen LogP contribution in [0.25, 0.3) is 0 Å². The van der Waals surface area contributed by atoms with Gasteiger partial charge in [-0.1, -0.05) is 19.3 Å². The molecule has 6 nitrogen and oxygen atoms in total. The average Bonchev–Trinajstić information content (AvgIpc) is 2.88. The molecule has 0 saturated heterocycles. The molecular formula is C14H21N3O3S. The Labute approximate surface area is 127 Å². The molecule has 7 heteroatoms. The van der Waals surface area contributed by atoms with Crippen LogP contribution >= 0.6 is 11.3 Å². The fraction of sp³-hybridized carbons (Fsp3) is 0.643. The fourth-order valence-corrected chi connectivity index (χ4v) is 3.62. The number of nitrogens with one attached hydrogen (secondary N) is 1. The van der Waals surface area contributed by atoms with E-state index >= 15 is 0 Å². The highest BCUT2D eigenvalue weighted by atomic mass is 32.1. The molecule has 1 aliphatic carbocycles. The minimum absolute atomic E-state index is 0.0292. The highest BCUT2D eigenvalue weighted by Gasteiger charge is 2.36. The van der Waals surface area contributed by atoms with Gasteiger partial charge in [0.1, 0.15) is 5.69 Å². The minimum Gasteiger partial charge on any atom is -0.481 e. The van der Waals surface area contributed by atoms with Gasteiger partial charge < -0.3 is 16.2 Å². The average molecular weight is 311 g/mol.